The van der Waals surface area contributed by atoms with E-state index in [9.17, 15) is 9.90 Å². The highest BCUT2D eigenvalue weighted by Crippen LogP contribution is 2.28. The zero-order valence-electron chi connectivity index (χ0n) is 11.2. The van der Waals surface area contributed by atoms with Crippen LogP contribution in [-0.2, 0) is 13.1 Å². The van der Waals surface area contributed by atoms with Gasteiger partial charge in [-0.05, 0) is 18.6 Å². The molecule has 110 valence electrons. The SMILES string of the molecule is O=C(c1c(Cl)cccc1Cl)N1CCCn2cc(O)cc2C1. The Morgan fingerprint density at radius 2 is 1.90 bits per heavy atom. The summed E-state index contributed by atoms with van der Waals surface area (Å²) in [6.45, 7) is 1.83. The van der Waals surface area contributed by atoms with E-state index in [0.717, 1.165) is 18.7 Å². The van der Waals surface area contributed by atoms with E-state index < -0.39 is 0 Å². The largest absolute Gasteiger partial charge is 0.506 e. The van der Waals surface area contributed by atoms with Crippen molar-refractivity contribution < 1.29 is 9.90 Å². The molecule has 1 amide bonds. The summed E-state index contributed by atoms with van der Waals surface area (Å²) in [7, 11) is 0. The molecular formula is C15H14Cl2N2O2. The molecule has 0 spiro atoms. The van der Waals surface area contributed by atoms with E-state index in [-0.39, 0.29) is 11.7 Å². The van der Waals surface area contributed by atoms with Crippen LogP contribution in [0.15, 0.2) is 30.5 Å². The molecule has 0 fully saturated rings. The van der Waals surface area contributed by atoms with Gasteiger partial charge in [0.2, 0.25) is 0 Å². The van der Waals surface area contributed by atoms with Crippen LogP contribution in [0.5, 0.6) is 5.75 Å². The Balaban J connectivity index is 1.92. The third-order valence-corrected chi connectivity index (χ3v) is 4.25. The number of carbonyl (C=O) groups excluding carboxylic acids is 1. The highest BCUT2D eigenvalue weighted by molar-refractivity contribution is 6.39. The van der Waals surface area contributed by atoms with Gasteiger partial charge in [-0.1, -0.05) is 29.3 Å². The maximum absolute atomic E-state index is 12.7. The molecule has 2 heterocycles. The van der Waals surface area contributed by atoms with Crippen LogP contribution in [0.3, 0.4) is 0 Å². The van der Waals surface area contributed by atoms with Crippen molar-refractivity contribution in [1.82, 2.24) is 9.47 Å². The average Bonchev–Trinajstić information content (AvgIpc) is 2.65. The highest BCUT2D eigenvalue weighted by Gasteiger charge is 2.24. The molecule has 4 nitrogen and oxygen atoms in total. The Hall–Kier alpha value is -1.65. The zero-order valence-corrected chi connectivity index (χ0v) is 12.7. The Kier molecular flexibility index (Phi) is 3.83. The summed E-state index contributed by atoms with van der Waals surface area (Å²) in [5, 5.41) is 10.3. The molecule has 0 aliphatic carbocycles. The second-order valence-electron chi connectivity index (χ2n) is 5.06. The molecule has 0 saturated carbocycles. The molecule has 2 aromatic rings. The Morgan fingerprint density at radius 1 is 1.19 bits per heavy atom. The fourth-order valence-corrected chi connectivity index (χ4v) is 3.18. The Morgan fingerprint density at radius 3 is 2.62 bits per heavy atom. The molecule has 1 aliphatic heterocycles. The first kappa shape index (κ1) is 14.3. The number of aromatic hydroxyl groups is 1. The molecule has 1 aromatic heterocycles. The molecule has 3 rings (SSSR count). The maximum Gasteiger partial charge on any atom is 0.257 e. The van der Waals surface area contributed by atoms with Gasteiger partial charge in [-0.25, -0.2) is 0 Å². The fraction of sp³-hybridized carbons (Fsp3) is 0.267. The number of carbonyl (C=O) groups is 1. The first-order valence-corrected chi connectivity index (χ1v) is 7.43. The van der Waals surface area contributed by atoms with E-state index in [0.29, 0.717) is 28.7 Å². The lowest BCUT2D eigenvalue weighted by molar-refractivity contribution is 0.0746. The van der Waals surface area contributed by atoms with Gasteiger partial charge in [-0.2, -0.15) is 0 Å². The van der Waals surface area contributed by atoms with Crippen molar-refractivity contribution in [1.29, 1.82) is 0 Å². The number of nitrogens with zero attached hydrogens (tertiary/aromatic N) is 2. The van der Waals surface area contributed by atoms with Crippen LogP contribution < -0.4 is 0 Å². The van der Waals surface area contributed by atoms with Gasteiger partial charge in [0.1, 0.15) is 5.75 Å². The Labute approximate surface area is 132 Å². The van der Waals surface area contributed by atoms with Crippen molar-refractivity contribution in [3.8, 4) is 5.75 Å². The predicted octanol–water partition coefficient (Wildman–Crippen LogP) is 3.55. The molecule has 0 unspecified atom stereocenters. The van der Waals surface area contributed by atoms with Crippen LogP contribution >= 0.6 is 23.2 Å². The molecule has 0 saturated heterocycles. The van der Waals surface area contributed by atoms with Gasteiger partial charge < -0.3 is 14.6 Å². The van der Waals surface area contributed by atoms with E-state index >= 15 is 0 Å². The second-order valence-corrected chi connectivity index (χ2v) is 5.87. The van der Waals surface area contributed by atoms with Gasteiger partial charge in [0, 0.05) is 31.0 Å². The summed E-state index contributed by atoms with van der Waals surface area (Å²) in [5.41, 5.74) is 1.24. The Bertz CT molecular complexity index is 677. The topological polar surface area (TPSA) is 45.5 Å². The summed E-state index contributed by atoms with van der Waals surface area (Å²) < 4.78 is 1.97. The van der Waals surface area contributed by atoms with Crippen LogP contribution in [0.25, 0.3) is 0 Å². The third kappa shape index (κ3) is 2.74. The summed E-state index contributed by atoms with van der Waals surface area (Å²) in [5.74, 6) is 0.0369. The normalized spacial score (nSPS) is 14.7. The number of halogens is 2. The average molecular weight is 325 g/mol. The van der Waals surface area contributed by atoms with E-state index in [2.05, 4.69) is 0 Å². The zero-order chi connectivity index (χ0) is 15.0. The summed E-state index contributed by atoms with van der Waals surface area (Å²) >= 11 is 12.2. The van der Waals surface area contributed by atoms with Gasteiger partial charge in [0.05, 0.1) is 22.2 Å². The van der Waals surface area contributed by atoms with Crippen LogP contribution in [0.4, 0.5) is 0 Å². The molecule has 0 bridgehead atoms. The second kappa shape index (κ2) is 5.62. The molecule has 21 heavy (non-hydrogen) atoms. The first-order chi connectivity index (χ1) is 10.1. The molecule has 6 heteroatoms. The van der Waals surface area contributed by atoms with Gasteiger partial charge in [-0.3, -0.25) is 4.79 Å². The first-order valence-electron chi connectivity index (χ1n) is 6.67. The molecular weight excluding hydrogens is 311 g/mol. The highest BCUT2D eigenvalue weighted by atomic mass is 35.5. The monoisotopic (exact) mass is 324 g/mol. The number of aryl methyl sites for hydroxylation is 1. The molecule has 1 N–H and O–H groups in total. The van der Waals surface area contributed by atoms with Gasteiger partial charge in [-0.15, -0.1) is 0 Å². The maximum atomic E-state index is 12.7. The van der Waals surface area contributed by atoms with Crippen LogP contribution in [0.2, 0.25) is 10.0 Å². The van der Waals surface area contributed by atoms with Gasteiger partial charge >= 0.3 is 0 Å². The number of fused-ring (bicyclic) bond motifs is 1. The number of hydrogen-bond donors (Lipinski definition) is 1. The smallest absolute Gasteiger partial charge is 0.257 e. The standard InChI is InChI=1S/C15H14Cl2N2O2/c16-12-3-1-4-13(17)14(12)15(21)19-6-2-5-18-9-11(20)7-10(18)8-19/h1,3-4,7,9,20H,2,5-6,8H2. The van der Waals surface area contributed by atoms with E-state index in [4.69, 9.17) is 23.2 Å². The van der Waals surface area contributed by atoms with Crippen molar-refractivity contribution in [3.63, 3.8) is 0 Å². The number of amides is 1. The van der Waals surface area contributed by atoms with Crippen LogP contribution in [-0.4, -0.2) is 27.0 Å². The minimum Gasteiger partial charge on any atom is -0.506 e. The van der Waals surface area contributed by atoms with Gasteiger partial charge in [0.15, 0.2) is 0 Å². The number of benzene rings is 1. The number of rotatable bonds is 1. The molecule has 0 atom stereocenters. The van der Waals surface area contributed by atoms with Crippen LogP contribution in [0, 0.1) is 0 Å². The minimum atomic E-state index is -0.181. The lowest BCUT2D eigenvalue weighted by Gasteiger charge is -2.21. The van der Waals surface area contributed by atoms with Crippen molar-refractivity contribution >= 4 is 29.1 Å². The number of aromatic nitrogens is 1. The quantitative estimate of drug-likeness (QED) is 0.871. The lowest BCUT2D eigenvalue weighted by atomic mass is 10.2. The summed E-state index contributed by atoms with van der Waals surface area (Å²) in [6.07, 6.45) is 2.50. The number of hydrogen-bond acceptors (Lipinski definition) is 2. The van der Waals surface area contributed by atoms with Crippen molar-refractivity contribution in [3.05, 3.63) is 51.8 Å². The van der Waals surface area contributed by atoms with Crippen molar-refractivity contribution in [2.24, 2.45) is 0 Å². The molecule has 1 aliphatic rings. The van der Waals surface area contributed by atoms with Gasteiger partial charge in [0.25, 0.3) is 5.91 Å². The van der Waals surface area contributed by atoms with Crippen molar-refractivity contribution in [2.45, 2.75) is 19.5 Å². The summed E-state index contributed by atoms with van der Waals surface area (Å²) in [6, 6.07) is 6.72. The van der Waals surface area contributed by atoms with E-state index in [1.807, 2.05) is 4.57 Å². The van der Waals surface area contributed by atoms with Crippen molar-refractivity contribution in [2.75, 3.05) is 6.54 Å². The predicted molar refractivity (Wildman–Crippen MR) is 81.9 cm³/mol. The van der Waals surface area contributed by atoms with E-state index in [1.165, 1.54) is 0 Å². The van der Waals surface area contributed by atoms with Crippen LogP contribution in [0.1, 0.15) is 22.5 Å². The lowest BCUT2D eigenvalue weighted by Crippen LogP contribution is -2.31. The van der Waals surface area contributed by atoms with E-state index in [1.54, 1.807) is 35.4 Å². The third-order valence-electron chi connectivity index (χ3n) is 3.62. The summed E-state index contributed by atoms with van der Waals surface area (Å²) in [4.78, 5) is 14.4. The molecule has 1 aromatic carbocycles. The molecule has 0 radical (unpaired) electrons. The fourth-order valence-electron chi connectivity index (χ4n) is 2.62. The minimum absolute atomic E-state index is 0.181.